The van der Waals surface area contributed by atoms with E-state index in [9.17, 15) is 0 Å². The minimum absolute atomic E-state index is 0.818. The molecular formula is C17H30N4. The Kier molecular flexibility index (Phi) is 5.31. The lowest BCUT2D eigenvalue weighted by Crippen LogP contribution is -2.45. The Hall–Kier alpha value is -0.870. The number of aryl methyl sites for hydroxylation is 1. The number of hydrogen-bond acceptors (Lipinski definition) is 3. The Balaban J connectivity index is 1.62. The second-order valence-corrected chi connectivity index (χ2v) is 6.71. The fraction of sp³-hybridized carbons (Fsp3) is 0.824. The number of nitrogens with one attached hydrogen (secondary N) is 1. The van der Waals surface area contributed by atoms with Gasteiger partial charge in [-0.25, -0.2) is 4.98 Å². The summed E-state index contributed by atoms with van der Waals surface area (Å²) in [5.74, 6) is 2.05. The van der Waals surface area contributed by atoms with Gasteiger partial charge >= 0.3 is 0 Å². The topological polar surface area (TPSA) is 33.1 Å². The highest BCUT2D eigenvalue weighted by molar-refractivity contribution is 4.90. The molecule has 0 radical (unpaired) electrons. The molecule has 2 aliphatic rings. The van der Waals surface area contributed by atoms with Crippen molar-refractivity contribution < 1.29 is 0 Å². The summed E-state index contributed by atoms with van der Waals surface area (Å²) in [6.45, 7) is 8.11. The van der Waals surface area contributed by atoms with Gasteiger partial charge < -0.3 is 9.88 Å². The highest BCUT2D eigenvalue weighted by Crippen LogP contribution is 2.28. The van der Waals surface area contributed by atoms with Crippen LogP contribution in [0.4, 0.5) is 0 Å². The van der Waals surface area contributed by atoms with E-state index in [0.717, 1.165) is 24.3 Å². The average molecular weight is 290 g/mol. The van der Waals surface area contributed by atoms with Crippen molar-refractivity contribution in [2.75, 3.05) is 26.2 Å². The maximum Gasteiger partial charge on any atom is 0.105 e. The Morgan fingerprint density at radius 1 is 1.14 bits per heavy atom. The lowest BCUT2D eigenvalue weighted by Gasteiger charge is -2.38. The van der Waals surface area contributed by atoms with Crippen molar-refractivity contribution in [1.29, 1.82) is 0 Å². The first-order chi connectivity index (χ1) is 10.3. The third-order valence-electron chi connectivity index (χ3n) is 5.39. The molecule has 2 aliphatic heterocycles. The van der Waals surface area contributed by atoms with Crippen molar-refractivity contribution in [1.82, 2.24) is 19.8 Å². The minimum Gasteiger partial charge on any atom is -0.334 e. The molecule has 0 aromatic carbocycles. The van der Waals surface area contributed by atoms with Crippen LogP contribution in [-0.2, 0) is 6.54 Å². The zero-order valence-electron chi connectivity index (χ0n) is 13.4. The monoisotopic (exact) mass is 290 g/mol. The first-order valence-corrected chi connectivity index (χ1v) is 8.77. The van der Waals surface area contributed by atoms with E-state index in [1.54, 1.807) is 0 Å². The Morgan fingerprint density at radius 3 is 2.76 bits per heavy atom. The van der Waals surface area contributed by atoms with Crippen LogP contribution >= 0.6 is 0 Å². The summed E-state index contributed by atoms with van der Waals surface area (Å²) in [5.41, 5.74) is 0. The smallest absolute Gasteiger partial charge is 0.105 e. The van der Waals surface area contributed by atoms with Crippen LogP contribution in [-0.4, -0.2) is 46.7 Å². The Bertz CT molecular complexity index is 422. The minimum atomic E-state index is 0.818. The van der Waals surface area contributed by atoms with Gasteiger partial charge in [-0.2, -0.15) is 0 Å². The number of nitrogens with zero attached hydrogens (tertiary/aromatic N) is 3. The van der Waals surface area contributed by atoms with Crippen molar-refractivity contribution in [3.8, 4) is 0 Å². The van der Waals surface area contributed by atoms with Crippen molar-refractivity contribution in [2.45, 2.75) is 58.0 Å². The molecule has 4 heteroatoms. The van der Waals surface area contributed by atoms with E-state index in [-0.39, 0.29) is 0 Å². The number of piperidine rings is 1. The highest BCUT2D eigenvalue weighted by Gasteiger charge is 2.29. The SMILES string of the molecule is Cc1nccn1CCN1CCCCCC1C1CCNCC1. The molecular weight excluding hydrogens is 260 g/mol. The van der Waals surface area contributed by atoms with Gasteiger partial charge in [0.2, 0.25) is 0 Å². The van der Waals surface area contributed by atoms with Gasteiger partial charge in [0.05, 0.1) is 0 Å². The van der Waals surface area contributed by atoms with Gasteiger partial charge in [-0.1, -0.05) is 12.8 Å². The molecule has 0 spiro atoms. The fourth-order valence-electron chi connectivity index (χ4n) is 4.11. The molecule has 1 atom stereocenters. The van der Waals surface area contributed by atoms with Gasteiger partial charge in [0.25, 0.3) is 0 Å². The molecule has 0 saturated carbocycles. The highest BCUT2D eigenvalue weighted by atomic mass is 15.2. The number of aromatic nitrogens is 2. The zero-order valence-corrected chi connectivity index (χ0v) is 13.4. The van der Waals surface area contributed by atoms with Crippen LogP contribution in [0.15, 0.2) is 12.4 Å². The van der Waals surface area contributed by atoms with Crippen molar-refractivity contribution >= 4 is 0 Å². The molecule has 1 aromatic rings. The fourth-order valence-corrected chi connectivity index (χ4v) is 4.11. The summed E-state index contributed by atoms with van der Waals surface area (Å²) >= 11 is 0. The molecule has 0 bridgehead atoms. The maximum atomic E-state index is 4.34. The van der Waals surface area contributed by atoms with Crippen LogP contribution in [0.5, 0.6) is 0 Å². The lowest BCUT2D eigenvalue weighted by molar-refractivity contribution is 0.118. The number of hydrogen-bond donors (Lipinski definition) is 1. The van der Waals surface area contributed by atoms with Crippen LogP contribution in [0.1, 0.15) is 44.3 Å². The summed E-state index contributed by atoms with van der Waals surface area (Å²) < 4.78 is 2.30. The molecule has 118 valence electrons. The van der Waals surface area contributed by atoms with Gasteiger partial charge in [-0.3, -0.25) is 4.90 Å². The molecule has 1 aromatic heterocycles. The summed E-state index contributed by atoms with van der Waals surface area (Å²) in [7, 11) is 0. The summed E-state index contributed by atoms with van der Waals surface area (Å²) in [6.07, 6.45) is 12.4. The second-order valence-electron chi connectivity index (χ2n) is 6.71. The summed E-state index contributed by atoms with van der Waals surface area (Å²) in [5, 5.41) is 3.52. The number of likely N-dealkylation sites (tertiary alicyclic amines) is 1. The van der Waals surface area contributed by atoms with Gasteiger partial charge in [-0.15, -0.1) is 0 Å². The normalized spacial score (nSPS) is 25.9. The maximum absolute atomic E-state index is 4.34. The number of rotatable bonds is 4. The van der Waals surface area contributed by atoms with Gasteiger partial charge in [0.15, 0.2) is 0 Å². The third-order valence-corrected chi connectivity index (χ3v) is 5.39. The molecule has 0 amide bonds. The molecule has 21 heavy (non-hydrogen) atoms. The Morgan fingerprint density at radius 2 is 2.00 bits per heavy atom. The van der Waals surface area contributed by atoms with Gasteiger partial charge in [0, 0.05) is 31.5 Å². The molecule has 2 fully saturated rings. The summed E-state index contributed by atoms with van der Waals surface area (Å²) in [6, 6.07) is 0.818. The first-order valence-electron chi connectivity index (χ1n) is 8.77. The van der Waals surface area contributed by atoms with E-state index in [1.165, 1.54) is 64.7 Å². The van der Waals surface area contributed by atoms with E-state index in [4.69, 9.17) is 0 Å². The molecule has 1 N–H and O–H groups in total. The van der Waals surface area contributed by atoms with Crippen LogP contribution < -0.4 is 5.32 Å². The van der Waals surface area contributed by atoms with E-state index >= 15 is 0 Å². The molecule has 3 heterocycles. The second kappa shape index (κ2) is 7.41. The van der Waals surface area contributed by atoms with Crippen LogP contribution in [0, 0.1) is 12.8 Å². The molecule has 1 unspecified atom stereocenters. The van der Waals surface area contributed by atoms with E-state index in [2.05, 4.69) is 32.9 Å². The number of imidazole rings is 1. The van der Waals surface area contributed by atoms with Crippen LogP contribution in [0.3, 0.4) is 0 Å². The van der Waals surface area contributed by atoms with Crippen LogP contribution in [0.25, 0.3) is 0 Å². The Labute approximate surface area is 128 Å². The molecule has 2 saturated heterocycles. The zero-order chi connectivity index (χ0) is 14.5. The molecule has 3 rings (SSSR count). The van der Waals surface area contributed by atoms with Crippen LogP contribution in [0.2, 0.25) is 0 Å². The lowest BCUT2D eigenvalue weighted by atomic mass is 9.87. The van der Waals surface area contributed by atoms with E-state index in [1.807, 2.05) is 6.20 Å². The molecule has 0 aliphatic carbocycles. The quantitative estimate of drug-likeness (QED) is 0.924. The van der Waals surface area contributed by atoms with Crippen molar-refractivity contribution in [2.24, 2.45) is 5.92 Å². The standard InChI is InChI=1S/C17H30N4/c1-15-19-10-12-20(15)13-14-21-11-4-2-3-5-17(21)16-6-8-18-9-7-16/h10,12,16-18H,2-9,11,13-14H2,1H3. The average Bonchev–Trinajstić information content (AvgIpc) is 2.79. The summed E-state index contributed by atoms with van der Waals surface area (Å²) in [4.78, 5) is 7.14. The van der Waals surface area contributed by atoms with Crippen molar-refractivity contribution in [3.63, 3.8) is 0 Å². The van der Waals surface area contributed by atoms with E-state index < -0.39 is 0 Å². The largest absolute Gasteiger partial charge is 0.334 e. The van der Waals surface area contributed by atoms with Gasteiger partial charge in [0.1, 0.15) is 5.82 Å². The predicted molar refractivity (Wildman–Crippen MR) is 86.4 cm³/mol. The van der Waals surface area contributed by atoms with Crippen molar-refractivity contribution in [3.05, 3.63) is 18.2 Å². The van der Waals surface area contributed by atoms with Gasteiger partial charge in [-0.05, 0) is 58.2 Å². The predicted octanol–water partition coefficient (Wildman–Crippen LogP) is 2.44. The van der Waals surface area contributed by atoms with E-state index in [0.29, 0.717) is 0 Å². The molecule has 4 nitrogen and oxygen atoms in total. The first kappa shape index (κ1) is 15.0. The third kappa shape index (κ3) is 3.86.